The monoisotopic (exact) mass is 293 g/mol. The van der Waals surface area contributed by atoms with Gasteiger partial charge in [0.05, 0.1) is 6.54 Å². The molecule has 5 heteroatoms. The van der Waals surface area contributed by atoms with E-state index in [1.165, 1.54) is 4.90 Å². The molecule has 0 N–H and O–H groups in total. The predicted octanol–water partition coefficient (Wildman–Crippen LogP) is 3.05. The number of aryl methyl sites for hydroxylation is 1. The van der Waals surface area contributed by atoms with Gasteiger partial charge in [-0.1, -0.05) is 0 Å². The molecule has 0 saturated heterocycles. The molecule has 0 aromatic heterocycles. The number of benzene rings is 1. The van der Waals surface area contributed by atoms with E-state index in [-0.39, 0.29) is 6.09 Å². The highest BCUT2D eigenvalue weighted by Gasteiger charge is 2.19. The summed E-state index contributed by atoms with van der Waals surface area (Å²) in [6, 6.07) is 5.26. The molecule has 0 aliphatic rings. The number of hydrogen-bond acceptors (Lipinski definition) is 4. The van der Waals surface area contributed by atoms with E-state index < -0.39 is 5.60 Å². The van der Waals surface area contributed by atoms with Gasteiger partial charge in [0.15, 0.2) is 0 Å². The normalized spacial score (nSPS) is 10.9. The van der Waals surface area contributed by atoms with Crippen LogP contribution >= 0.6 is 0 Å². The molecule has 0 radical (unpaired) electrons. The molecule has 0 unspecified atom stereocenters. The predicted molar refractivity (Wildman–Crippen MR) is 80.9 cm³/mol. The van der Waals surface area contributed by atoms with Crippen molar-refractivity contribution < 1.29 is 19.1 Å². The number of hydrogen-bond donors (Lipinski definition) is 0. The van der Waals surface area contributed by atoms with Crippen LogP contribution in [0.1, 0.15) is 36.7 Å². The Morgan fingerprint density at radius 1 is 1.33 bits per heavy atom. The average Bonchev–Trinajstić information content (AvgIpc) is 2.36. The van der Waals surface area contributed by atoms with Crippen LogP contribution in [-0.2, 0) is 4.74 Å². The number of amides is 1. The van der Waals surface area contributed by atoms with E-state index in [0.29, 0.717) is 24.5 Å². The van der Waals surface area contributed by atoms with Gasteiger partial charge >= 0.3 is 6.09 Å². The third-order valence-electron chi connectivity index (χ3n) is 2.77. The third-order valence-corrected chi connectivity index (χ3v) is 2.77. The van der Waals surface area contributed by atoms with Crippen molar-refractivity contribution in [2.45, 2.75) is 33.3 Å². The van der Waals surface area contributed by atoms with Crippen LogP contribution in [0.15, 0.2) is 18.2 Å². The lowest BCUT2D eigenvalue weighted by molar-refractivity contribution is 0.0278. The fraction of sp³-hybridized carbons (Fsp3) is 0.500. The maximum atomic E-state index is 11.7. The van der Waals surface area contributed by atoms with E-state index >= 15 is 0 Å². The highest BCUT2D eigenvalue weighted by Crippen LogP contribution is 2.16. The fourth-order valence-electron chi connectivity index (χ4n) is 1.60. The number of nitrogens with zero attached hydrogens (tertiary/aromatic N) is 1. The Kier molecular flexibility index (Phi) is 5.76. The molecular weight excluding hydrogens is 270 g/mol. The summed E-state index contributed by atoms with van der Waals surface area (Å²) in [7, 11) is 1.66. The topological polar surface area (TPSA) is 55.8 Å². The lowest BCUT2D eigenvalue weighted by Gasteiger charge is -2.24. The SMILES string of the molecule is Cc1cc(OCCN(C)C(=O)OC(C)(C)C)ccc1C=O. The molecule has 5 nitrogen and oxygen atoms in total. The number of likely N-dealkylation sites (N-methyl/N-ethyl adjacent to an activating group) is 1. The molecule has 0 aliphatic carbocycles. The van der Waals surface area contributed by atoms with E-state index in [1.807, 2.05) is 27.7 Å². The van der Waals surface area contributed by atoms with Gasteiger partial charge in [-0.05, 0) is 51.5 Å². The zero-order valence-electron chi connectivity index (χ0n) is 13.3. The maximum Gasteiger partial charge on any atom is 0.410 e. The van der Waals surface area contributed by atoms with Crippen LogP contribution in [0.4, 0.5) is 4.79 Å². The molecule has 21 heavy (non-hydrogen) atoms. The molecule has 0 heterocycles. The van der Waals surface area contributed by atoms with Gasteiger partial charge in [0.25, 0.3) is 0 Å². The van der Waals surface area contributed by atoms with Crippen molar-refractivity contribution in [3.05, 3.63) is 29.3 Å². The Balaban J connectivity index is 2.44. The number of carbonyl (C=O) groups is 2. The molecule has 0 saturated carbocycles. The first-order valence-corrected chi connectivity index (χ1v) is 6.85. The molecule has 0 atom stereocenters. The minimum Gasteiger partial charge on any atom is -0.492 e. The summed E-state index contributed by atoms with van der Waals surface area (Å²) in [5, 5.41) is 0. The number of ether oxygens (including phenoxy) is 2. The highest BCUT2D eigenvalue weighted by atomic mass is 16.6. The maximum absolute atomic E-state index is 11.7. The second kappa shape index (κ2) is 7.11. The molecule has 1 amide bonds. The van der Waals surface area contributed by atoms with E-state index in [0.717, 1.165) is 11.8 Å². The van der Waals surface area contributed by atoms with E-state index in [1.54, 1.807) is 25.2 Å². The molecular formula is C16H23NO4. The molecule has 116 valence electrons. The Morgan fingerprint density at radius 3 is 2.52 bits per heavy atom. The van der Waals surface area contributed by atoms with Crippen molar-refractivity contribution >= 4 is 12.4 Å². The van der Waals surface area contributed by atoms with Crippen LogP contribution in [0.25, 0.3) is 0 Å². The zero-order chi connectivity index (χ0) is 16.0. The van der Waals surface area contributed by atoms with Crippen LogP contribution in [0, 0.1) is 6.92 Å². The van der Waals surface area contributed by atoms with Crippen molar-refractivity contribution in [1.29, 1.82) is 0 Å². The van der Waals surface area contributed by atoms with E-state index in [9.17, 15) is 9.59 Å². The van der Waals surface area contributed by atoms with Crippen LogP contribution < -0.4 is 4.74 Å². The van der Waals surface area contributed by atoms with Gasteiger partial charge in [-0.3, -0.25) is 4.79 Å². The summed E-state index contributed by atoms with van der Waals surface area (Å²) in [5.74, 6) is 0.677. The van der Waals surface area contributed by atoms with Crippen LogP contribution in [0.2, 0.25) is 0 Å². The summed E-state index contributed by atoms with van der Waals surface area (Å²) in [5.41, 5.74) is 1.00. The van der Waals surface area contributed by atoms with Gasteiger partial charge in [0.1, 0.15) is 24.2 Å². The van der Waals surface area contributed by atoms with Gasteiger partial charge in [-0.25, -0.2) is 4.79 Å². The number of rotatable bonds is 5. The first-order chi connectivity index (χ1) is 9.73. The molecule has 0 spiro atoms. The second-order valence-electron chi connectivity index (χ2n) is 5.89. The molecule has 0 fully saturated rings. The summed E-state index contributed by atoms with van der Waals surface area (Å²) < 4.78 is 10.8. The van der Waals surface area contributed by atoms with Crippen LogP contribution in [-0.4, -0.2) is 43.1 Å². The van der Waals surface area contributed by atoms with Crippen molar-refractivity contribution in [2.75, 3.05) is 20.2 Å². The van der Waals surface area contributed by atoms with Gasteiger partial charge in [0, 0.05) is 12.6 Å². The Morgan fingerprint density at radius 2 is 2.00 bits per heavy atom. The first-order valence-electron chi connectivity index (χ1n) is 6.85. The van der Waals surface area contributed by atoms with Crippen molar-refractivity contribution in [3.63, 3.8) is 0 Å². The molecule has 1 aromatic carbocycles. The number of carbonyl (C=O) groups excluding carboxylic acids is 2. The zero-order valence-corrected chi connectivity index (χ0v) is 13.3. The summed E-state index contributed by atoms with van der Waals surface area (Å²) in [6.45, 7) is 8.11. The fourth-order valence-corrected chi connectivity index (χ4v) is 1.60. The van der Waals surface area contributed by atoms with Gasteiger partial charge in [-0.15, -0.1) is 0 Å². The van der Waals surface area contributed by atoms with Gasteiger partial charge in [0.2, 0.25) is 0 Å². The third kappa shape index (κ3) is 5.85. The number of aldehydes is 1. The lowest BCUT2D eigenvalue weighted by atomic mass is 10.1. The molecule has 1 rings (SSSR count). The van der Waals surface area contributed by atoms with Crippen molar-refractivity contribution in [3.8, 4) is 5.75 Å². The van der Waals surface area contributed by atoms with Gasteiger partial charge in [-0.2, -0.15) is 0 Å². The molecule has 0 bridgehead atoms. The minimum atomic E-state index is -0.506. The van der Waals surface area contributed by atoms with E-state index in [2.05, 4.69) is 0 Å². The largest absolute Gasteiger partial charge is 0.492 e. The summed E-state index contributed by atoms with van der Waals surface area (Å²) >= 11 is 0. The van der Waals surface area contributed by atoms with Crippen LogP contribution in [0.5, 0.6) is 5.75 Å². The average molecular weight is 293 g/mol. The molecule has 0 aliphatic heterocycles. The minimum absolute atomic E-state index is 0.357. The highest BCUT2D eigenvalue weighted by molar-refractivity contribution is 5.77. The van der Waals surface area contributed by atoms with Gasteiger partial charge < -0.3 is 14.4 Å². The Labute approximate surface area is 125 Å². The lowest BCUT2D eigenvalue weighted by Crippen LogP contribution is -2.36. The summed E-state index contributed by atoms with van der Waals surface area (Å²) in [4.78, 5) is 24.0. The van der Waals surface area contributed by atoms with Crippen molar-refractivity contribution in [1.82, 2.24) is 4.90 Å². The quantitative estimate of drug-likeness (QED) is 0.783. The summed E-state index contributed by atoms with van der Waals surface area (Å²) in [6.07, 6.45) is 0.439. The Hall–Kier alpha value is -2.04. The Bertz CT molecular complexity index is 505. The van der Waals surface area contributed by atoms with E-state index in [4.69, 9.17) is 9.47 Å². The second-order valence-corrected chi connectivity index (χ2v) is 5.89. The van der Waals surface area contributed by atoms with Crippen LogP contribution in [0.3, 0.4) is 0 Å². The van der Waals surface area contributed by atoms with Crippen molar-refractivity contribution in [2.24, 2.45) is 0 Å². The first kappa shape index (κ1) is 17.0. The smallest absolute Gasteiger partial charge is 0.410 e. The standard InChI is InChI=1S/C16H23NO4/c1-12-10-14(7-6-13(12)11-18)20-9-8-17(5)15(19)21-16(2,3)4/h6-7,10-11H,8-9H2,1-5H3. The molecule has 1 aromatic rings.